The first-order chi connectivity index (χ1) is 9.88. The lowest BCUT2D eigenvalue weighted by atomic mass is 9.82. The highest BCUT2D eigenvalue weighted by Gasteiger charge is 2.25. The maximum absolute atomic E-state index is 13.6. The summed E-state index contributed by atoms with van der Waals surface area (Å²) in [5.74, 6) is -3.62. The summed E-state index contributed by atoms with van der Waals surface area (Å²) in [5.41, 5.74) is -0.957. The molecule has 1 aromatic rings. The minimum absolute atomic E-state index is 0.209. The van der Waals surface area contributed by atoms with Crippen LogP contribution in [0.3, 0.4) is 0 Å². The summed E-state index contributed by atoms with van der Waals surface area (Å²) in [6, 6.07) is 1.29. The molecule has 2 rings (SSSR count). The molecule has 0 spiro atoms. The summed E-state index contributed by atoms with van der Waals surface area (Å²) >= 11 is 0. The van der Waals surface area contributed by atoms with Gasteiger partial charge in [-0.15, -0.1) is 0 Å². The van der Waals surface area contributed by atoms with Gasteiger partial charge < -0.3 is 10.4 Å². The van der Waals surface area contributed by atoms with Gasteiger partial charge in [0.1, 0.15) is 11.6 Å². The third-order valence-electron chi connectivity index (χ3n) is 3.93. The molecule has 1 amide bonds. The SMILES string of the molecule is CC1CCC(C(=O)Nc2cc(C(=O)O)c(F)cc2F)CC1. The van der Waals surface area contributed by atoms with E-state index < -0.39 is 23.2 Å². The van der Waals surface area contributed by atoms with E-state index in [1.165, 1.54) is 0 Å². The predicted octanol–water partition coefficient (Wildman–Crippen LogP) is 3.43. The zero-order valence-corrected chi connectivity index (χ0v) is 11.7. The number of carboxylic acid groups (broad SMARTS) is 1. The van der Waals surface area contributed by atoms with Crippen molar-refractivity contribution in [1.82, 2.24) is 0 Å². The van der Waals surface area contributed by atoms with Gasteiger partial charge in [-0.2, -0.15) is 0 Å². The first-order valence-electron chi connectivity index (χ1n) is 6.91. The fourth-order valence-corrected chi connectivity index (χ4v) is 2.57. The Kier molecular flexibility index (Phi) is 4.55. The molecule has 0 bridgehead atoms. The van der Waals surface area contributed by atoms with Crippen molar-refractivity contribution in [2.75, 3.05) is 5.32 Å². The van der Waals surface area contributed by atoms with Crippen LogP contribution in [-0.4, -0.2) is 17.0 Å². The number of anilines is 1. The van der Waals surface area contributed by atoms with E-state index in [9.17, 15) is 18.4 Å². The highest BCUT2D eigenvalue weighted by atomic mass is 19.1. The highest BCUT2D eigenvalue weighted by Crippen LogP contribution is 2.29. The van der Waals surface area contributed by atoms with Gasteiger partial charge in [-0.1, -0.05) is 6.92 Å². The Morgan fingerprint density at radius 2 is 1.76 bits per heavy atom. The lowest BCUT2D eigenvalue weighted by molar-refractivity contribution is -0.121. The molecule has 0 saturated heterocycles. The summed E-state index contributed by atoms with van der Waals surface area (Å²) in [6.45, 7) is 2.12. The summed E-state index contributed by atoms with van der Waals surface area (Å²) in [6.07, 6.45) is 3.32. The van der Waals surface area contributed by atoms with Gasteiger partial charge in [0.2, 0.25) is 5.91 Å². The van der Waals surface area contributed by atoms with Crippen molar-refractivity contribution < 1.29 is 23.5 Å². The topological polar surface area (TPSA) is 66.4 Å². The Morgan fingerprint density at radius 3 is 2.33 bits per heavy atom. The van der Waals surface area contributed by atoms with Gasteiger partial charge in [0.15, 0.2) is 0 Å². The van der Waals surface area contributed by atoms with Crippen molar-refractivity contribution in [3.8, 4) is 0 Å². The minimum Gasteiger partial charge on any atom is -0.478 e. The Hall–Kier alpha value is -1.98. The number of carbonyl (C=O) groups is 2. The lowest BCUT2D eigenvalue weighted by Gasteiger charge is -2.25. The molecule has 0 atom stereocenters. The van der Waals surface area contributed by atoms with Gasteiger partial charge >= 0.3 is 5.97 Å². The van der Waals surface area contributed by atoms with E-state index in [0.29, 0.717) is 12.0 Å². The largest absolute Gasteiger partial charge is 0.478 e. The summed E-state index contributed by atoms with van der Waals surface area (Å²) in [5, 5.41) is 11.2. The Bertz CT molecular complexity index is 566. The van der Waals surface area contributed by atoms with Crippen LogP contribution in [0.25, 0.3) is 0 Å². The van der Waals surface area contributed by atoms with Crippen LogP contribution in [0.4, 0.5) is 14.5 Å². The number of hydrogen-bond acceptors (Lipinski definition) is 2. The van der Waals surface area contributed by atoms with Crippen molar-refractivity contribution in [3.05, 3.63) is 29.3 Å². The second-order valence-corrected chi connectivity index (χ2v) is 5.56. The van der Waals surface area contributed by atoms with E-state index in [1.54, 1.807) is 0 Å². The number of carboxylic acids is 1. The fraction of sp³-hybridized carbons (Fsp3) is 0.467. The molecule has 0 aliphatic heterocycles. The molecule has 2 N–H and O–H groups in total. The van der Waals surface area contributed by atoms with Gasteiger partial charge in [-0.3, -0.25) is 4.79 Å². The molecule has 1 aromatic carbocycles. The van der Waals surface area contributed by atoms with E-state index in [-0.39, 0.29) is 17.5 Å². The summed E-state index contributed by atoms with van der Waals surface area (Å²) < 4.78 is 26.9. The van der Waals surface area contributed by atoms with E-state index in [0.717, 1.165) is 31.7 Å². The molecule has 114 valence electrons. The minimum atomic E-state index is -1.51. The van der Waals surface area contributed by atoms with Crippen molar-refractivity contribution in [1.29, 1.82) is 0 Å². The van der Waals surface area contributed by atoms with Crippen molar-refractivity contribution in [2.24, 2.45) is 11.8 Å². The van der Waals surface area contributed by atoms with Crippen molar-refractivity contribution >= 4 is 17.6 Å². The quantitative estimate of drug-likeness (QED) is 0.898. The third kappa shape index (κ3) is 3.56. The maximum atomic E-state index is 13.6. The van der Waals surface area contributed by atoms with E-state index >= 15 is 0 Å². The number of benzene rings is 1. The second-order valence-electron chi connectivity index (χ2n) is 5.56. The van der Waals surface area contributed by atoms with E-state index in [2.05, 4.69) is 12.2 Å². The number of halogens is 2. The van der Waals surface area contributed by atoms with Crippen LogP contribution >= 0.6 is 0 Å². The number of nitrogens with one attached hydrogen (secondary N) is 1. The normalized spacial score (nSPS) is 21.9. The molecule has 0 heterocycles. The monoisotopic (exact) mass is 297 g/mol. The van der Waals surface area contributed by atoms with Crippen molar-refractivity contribution in [2.45, 2.75) is 32.6 Å². The van der Waals surface area contributed by atoms with Gasteiger partial charge in [0, 0.05) is 12.0 Å². The third-order valence-corrected chi connectivity index (χ3v) is 3.93. The molecule has 4 nitrogen and oxygen atoms in total. The maximum Gasteiger partial charge on any atom is 0.338 e. The van der Waals surface area contributed by atoms with Gasteiger partial charge in [-0.25, -0.2) is 13.6 Å². The van der Waals surface area contributed by atoms with Gasteiger partial charge in [0.05, 0.1) is 11.3 Å². The zero-order chi connectivity index (χ0) is 15.6. The molecule has 1 aliphatic rings. The molecular weight excluding hydrogens is 280 g/mol. The molecule has 1 aliphatic carbocycles. The lowest BCUT2D eigenvalue weighted by Crippen LogP contribution is -2.27. The number of hydrogen-bond donors (Lipinski definition) is 2. The molecule has 0 unspecified atom stereocenters. The number of amides is 1. The summed E-state index contributed by atoms with van der Waals surface area (Å²) in [7, 11) is 0. The van der Waals surface area contributed by atoms with Gasteiger partial charge in [-0.05, 0) is 37.7 Å². The highest BCUT2D eigenvalue weighted by molar-refractivity contribution is 5.95. The van der Waals surface area contributed by atoms with E-state index in [4.69, 9.17) is 5.11 Å². The molecular formula is C15H17F2NO3. The smallest absolute Gasteiger partial charge is 0.338 e. The Labute approximate surface area is 121 Å². The molecule has 0 aromatic heterocycles. The van der Waals surface area contributed by atoms with Crippen LogP contribution in [-0.2, 0) is 4.79 Å². The molecule has 0 radical (unpaired) electrons. The first kappa shape index (κ1) is 15.4. The second kappa shape index (κ2) is 6.20. The molecule has 1 saturated carbocycles. The van der Waals surface area contributed by atoms with E-state index in [1.807, 2.05) is 0 Å². The summed E-state index contributed by atoms with van der Waals surface area (Å²) in [4.78, 5) is 22.9. The average molecular weight is 297 g/mol. The van der Waals surface area contributed by atoms with Crippen LogP contribution in [0.5, 0.6) is 0 Å². The van der Waals surface area contributed by atoms with Crippen LogP contribution in [0.15, 0.2) is 12.1 Å². The van der Waals surface area contributed by atoms with Crippen LogP contribution in [0.2, 0.25) is 0 Å². The zero-order valence-electron chi connectivity index (χ0n) is 11.7. The Balaban J connectivity index is 2.13. The standard InChI is InChI=1S/C15H17F2NO3/c1-8-2-4-9(5-3-8)14(19)18-13-6-10(15(20)21)11(16)7-12(13)17/h6-9H,2-5H2,1H3,(H,18,19)(H,20,21). The van der Waals surface area contributed by atoms with Crippen LogP contribution in [0, 0.1) is 23.5 Å². The number of aromatic carboxylic acids is 1. The number of rotatable bonds is 3. The molecule has 21 heavy (non-hydrogen) atoms. The van der Waals surface area contributed by atoms with Crippen LogP contribution in [0.1, 0.15) is 43.0 Å². The number of carbonyl (C=O) groups excluding carboxylic acids is 1. The average Bonchev–Trinajstić information content (AvgIpc) is 2.42. The van der Waals surface area contributed by atoms with Crippen molar-refractivity contribution in [3.63, 3.8) is 0 Å². The van der Waals surface area contributed by atoms with Gasteiger partial charge in [0.25, 0.3) is 0 Å². The molecule has 6 heteroatoms. The predicted molar refractivity (Wildman–Crippen MR) is 73.1 cm³/mol. The van der Waals surface area contributed by atoms with Crippen LogP contribution < -0.4 is 5.32 Å². The molecule has 1 fully saturated rings. The fourth-order valence-electron chi connectivity index (χ4n) is 2.57. The first-order valence-corrected chi connectivity index (χ1v) is 6.91. The Morgan fingerprint density at radius 1 is 1.14 bits per heavy atom.